The summed E-state index contributed by atoms with van der Waals surface area (Å²) >= 11 is 0. The third-order valence-electron chi connectivity index (χ3n) is 2.01. The fraction of sp³-hybridized carbons (Fsp3) is 0.200. The molecule has 17 heavy (non-hydrogen) atoms. The summed E-state index contributed by atoms with van der Waals surface area (Å²) < 4.78 is 10.8. The van der Waals surface area contributed by atoms with Crippen molar-refractivity contribution in [2.75, 3.05) is 7.11 Å². The van der Waals surface area contributed by atoms with Crippen molar-refractivity contribution in [3.8, 4) is 11.5 Å². The first-order valence-electron chi connectivity index (χ1n) is 5.47. The lowest BCUT2D eigenvalue weighted by Crippen LogP contribution is -1.93. The van der Waals surface area contributed by atoms with Gasteiger partial charge in [-0.3, -0.25) is 0 Å². The Bertz CT molecular complexity index is 425. The van der Waals surface area contributed by atoms with Gasteiger partial charge in [0.05, 0.1) is 7.11 Å². The molecule has 0 bridgehead atoms. The maximum absolute atomic E-state index is 5.72. The number of benzene rings is 1. The van der Waals surface area contributed by atoms with Crippen LogP contribution in [0.2, 0.25) is 0 Å². The highest BCUT2D eigenvalue weighted by Gasteiger charge is 1.98. The Morgan fingerprint density at radius 3 is 2.24 bits per heavy atom. The molecule has 0 saturated carbocycles. The molecule has 90 valence electrons. The van der Waals surface area contributed by atoms with Crippen LogP contribution in [0.4, 0.5) is 0 Å². The Balaban J connectivity index is 2.82. The Morgan fingerprint density at radius 1 is 1.18 bits per heavy atom. The first kappa shape index (κ1) is 13.1. The molecule has 1 aromatic rings. The number of methoxy groups -OCH3 is 1. The van der Waals surface area contributed by atoms with E-state index in [1.54, 1.807) is 7.11 Å². The molecule has 0 saturated heterocycles. The molecule has 0 aliphatic heterocycles. The van der Waals surface area contributed by atoms with Crippen LogP contribution < -0.4 is 9.47 Å². The second kappa shape index (κ2) is 6.59. The number of ether oxygens (including phenoxy) is 2. The average molecular weight is 230 g/mol. The normalized spacial score (nSPS) is 11.6. The summed E-state index contributed by atoms with van der Waals surface area (Å²) in [6.07, 6.45) is 5.72. The predicted molar refractivity (Wildman–Crippen MR) is 71.3 cm³/mol. The van der Waals surface area contributed by atoms with E-state index in [-0.39, 0.29) is 0 Å². The van der Waals surface area contributed by atoms with Crippen molar-refractivity contribution in [2.24, 2.45) is 0 Å². The van der Waals surface area contributed by atoms with Gasteiger partial charge in [-0.1, -0.05) is 18.2 Å². The highest BCUT2D eigenvalue weighted by Crippen LogP contribution is 2.19. The summed E-state index contributed by atoms with van der Waals surface area (Å²) in [5, 5.41) is 0. The van der Waals surface area contributed by atoms with Gasteiger partial charge in [-0.05, 0) is 50.3 Å². The Kier molecular flexibility index (Phi) is 5.08. The highest BCUT2D eigenvalue weighted by atomic mass is 16.5. The van der Waals surface area contributed by atoms with E-state index in [9.17, 15) is 0 Å². The molecule has 0 atom stereocenters. The molecule has 0 unspecified atom stereocenters. The molecule has 0 spiro atoms. The van der Waals surface area contributed by atoms with Gasteiger partial charge in [-0.25, -0.2) is 0 Å². The maximum atomic E-state index is 5.72. The minimum atomic E-state index is 0.769. The predicted octanol–water partition coefficient (Wildman–Crippen LogP) is 4.11. The smallest absolute Gasteiger partial charge is 0.127 e. The summed E-state index contributed by atoms with van der Waals surface area (Å²) in [4.78, 5) is 0. The van der Waals surface area contributed by atoms with E-state index >= 15 is 0 Å². The zero-order chi connectivity index (χ0) is 12.7. The van der Waals surface area contributed by atoms with Crippen molar-refractivity contribution >= 4 is 0 Å². The van der Waals surface area contributed by atoms with E-state index in [0.29, 0.717) is 0 Å². The zero-order valence-electron chi connectivity index (χ0n) is 10.6. The van der Waals surface area contributed by atoms with Gasteiger partial charge in [0.15, 0.2) is 0 Å². The molecule has 0 amide bonds. The molecule has 0 aliphatic carbocycles. The lowest BCUT2D eigenvalue weighted by Gasteiger charge is -2.07. The molecule has 0 radical (unpaired) electrons. The third kappa shape index (κ3) is 4.60. The van der Waals surface area contributed by atoms with Gasteiger partial charge in [-0.2, -0.15) is 0 Å². The fourth-order valence-corrected chi connectivity index (χ4v) is 1.30. The lowest BCUT2D eigenvalue weighted by molar-refractivity contribution is 0.410. The Labute approximate surface area is 103 Å². The van der Waals surface area contributed by atoms with Gasteiger partial charge in [-0.15, -0.1) is 0 Å². The van der Waals surface area contributed by atoms with Crippen molar-refractivity contribution in [3.05, 3.63) is 60.4 Å². The van der Waals surface area contributed by atoms with Crippen LogP contribution >= 0.6 is 0 Å². The van der Waals surface area contributed by atoms with Crippen LogP contribution in [0.1, 0.15) is 13.8 Å². The number of rotatable bonds is 5. The number of hydrogen-bond donors (Lipinski definition) is 0. The second-order valence-corrected chi connectivity index (χ2v) is 3.67. The summed E-state index contributed by atoms with van der Waals surface area (Å²) in [6, 6.07) is 7.47. The van der Waals surface area contributed by atoms with Crippen LogP contribution in [0.5, 0.6) is 11.5 Å². The molecular formula is C15H18O2. The van der Waals surface area contributed by atoms with Gasteiger partial charge in [0.1, 0.15) is 17.3 Å². The minimum Gasteiger partial charge on any atom is -0.497 e. The van der Waals surface area contributed by atoms with Crippen molar-refractivity contribution in [2.45, 2.75) is 13.8 Å². The molecule has 0 aliphatic rings. The topological polar surface area (TPSA) is 18.5 Å². The van der Waals surface area contributed by atoms with Crippen LogP contribution in [-0.2, 0) is 0 Å². The highest BCUT2D eigenvalue weighted by molar-refractivity contribution is 5.34. The Hall–Kier alpha value is -1.96. The Morgan fingerprint density at radius 2 is 1.76 bits per heavy atom. The van der Waals surface area contributed by atoms with E-state index in [1.165, 1.54) is 0 Å². The maximum Gasteiger partial charge on any atom is 0.127 e. The lowest BCUT2D eigenvalue weighted by atomic mass is 10.2. The van der Waals surface area contributed by atoms with Crippen LogP contribution in [0.25, 0.3) is 0 Å². The summed E-state index contributed by atoms with van der Waals surface area (Å²) in [5.74, 6) is 2.36. The summed E-state index contributed by atoms with van der Waals surface area (Å²) in [7, 11) is 1.64. The largest absolute Gasteiger partial charge is 0.497 e. The SMILES string of the molecule is C=C(C)/C=C(\C=C/C)Oc1ccc(OC)cc1. The standard InChI is InChI=1S/C15H18O2/c1-5-6-15(11-12(2)3)17-14-9-7-13(16-4)8-10-14/h5-11H,2H2,1,3-4H3/b6-5-,15-11+. The number of allylic oxidation sites excluding steroid dienone is 4. The molecule has 0 N–H and O–H groups in total. The molecule has 2 nitrogen and oxygen atoms in total. The van der Waals surface area contributed by atoms with E-state index < -0.39 is 0 Å². The molecule has 2 heteroatoms. The van der Waals surface area contributed by atoms with Gasteiger partial charge in [0.2, 0.25) is 0 Å². The van der Waals surface area contributed by atoms with E-state index in [0.717, 1.165) is 22.8 Å². The first-order chi connectivity index (χ1) is 8.15. The van der Waals surface area contributed by atoms with Crippen LogP contribution in [0, 0.1) is 0 Å². The van der Waals surface area contributed by atoms with Crippen molar-refractivity contribution in [1.82, 2.24) is 0 Å². The minimum absolute atomic E-state index is 0.769. The van der Waals surface area contributed by atoms with Crippen LogP contribution in [0.15, 0.2) is 60.4 Å². The first-order valence-corrected chi connectivity index (χ1v) is 5.47. The average Bonchev–Trinajstić information content (AvgIpc) is 2.29. The quantitative estimate of drug-likeness (QED) is 0.560. The molecule has 0 fully saturated rings. The van der Waals surface area contributed by atoms with Gasteiger partial charge < -0.3 is 9.47 Å². The third-order valence-corrected chi connectivity index (χ3v) is 2.01. The van der Waals surface area contributed by atoms with Gasteiger partial charge in [0, 0.05) is 0 Å². The summed E-state index contributed by atoms with van der Waals surface area (Å²) in [5.41, 5.74) is 0.951. The van der Waals surface area contributed by atoms with E-state index in [1.807, 2.05) is 56.3 Å². The number of hydrogen-bond acceptors (Lipinski definition) is 2. The molecule has 1 aromatic carbocycles. The zero-order valence-corrected chi connectivity index (χ0v) is 10.6. The van der Waals surface area contributed by atoms with Crippen molar-refractivity contribution in [3.63, 3.8) is 0 Å². The fourth-order valence-electron chi connectivity index (χ4n) is 1.30. The van der Waals surface area contributed by atoms with Crippen molar-refractivity contribution < 1.29 is 9.47 Å². The molecule has 0 aromatic heterocycles. The van der Waals surface area contributed by atoms with E-state index in [4.69, 9.17) is 9.47 Å². The van der Waals surface area contributed by atoms with Gasteiger partial charge in [0.25, 0.3) is 0 Å². The van der Waals surface area contributed by atoms with Crippen LogP contribution in [0.3, 0.4) is 0 Å². The second-order valence-electron chi connectivity index (χ2n) is 3.67. The van der Waals surface area contributed by atoms with Crippen molar-refractivity contribution in [1.29, 1.82) is 0 Å². The monoisotopic (exact) mass is 230 g/mol. The van der Waals surface area contributed by atoms with Gasteiger partial charge >= 0.3 is 0 Å². The summed E-state index contributed by atoms with van der Waals surface area (Å²) in [6.45, 7) is 7.72. The molecular weight excluding hydrogens is 212 g/mol. The van der Waals surface area contributed by atoms with Crippen LogP contribution in [-0.4, -0.2) is 7.11 Å². The molecule has 0 heterocycles. The molecule has 1 rings (SSSR count). The van der Waals surface area contributed by atoms with E-state index in [2.05, 4.69) is 6.58 Å².